The molecule has 0 unspecified atom stereocenters. The van der Waals surface area contributed by atoms with Gasteiger partial charge in [-0.15, -0.1) is 0 Å². The number of aryl methyl sites for hydroxylation is 1. The third-order valence-corrected chi connectivity index (χ3v) is 6.52. The van der Waals surface area contributed by atoms with Gasteiger partial charge in [0, 0.05) is 30.6 Å². The summed E-state index contributed by atoms with van der Waals surface area (Å²) in [5.41, 5.74) is 3.35. The van der Waals surface area contributed by atoms with Crippen LogP contribution in [0.4, 0.5) is 5.13 Å². The lowest BCUT2D eigenvalue weighted by molar-refractivity contribution is 0.0600. The molecule has 8 heteroatoms. The summed E-state index contributed by atoms with van der Waals surface area (Å²) in [6, 6.07) is 5.66. The van der Waals surface area contributed by atoms with Gasteiger partial charge in [-0.2, -0.15) is 0 Å². The standard InChI is InChI=1S/C21H23N3O4S/c1-12-19(13(2)25)29-21(23-12)24-6-7-28-11-16(24)8-15-10-22-18-9-14(20(26)27-3)4-5-17(15)18/h4-5,9-10,16,22H,6-8,11H2,1-3H3/t16-/m0/s1. The third kappa shape index (κ3) is 3.77. The van der Waals surface area contributed by atoms with Crippen LogP contribution in [0.3, 0.4) is 0 Å². The molecule has 0 saturated carbocycles. The van der Waals surface area contributed by atoms with Crippen LogP contribution in [0.1, 0.15) is 38.2 Å². The maximum atomic E-state index is 11.8. The number of hydrogen-bond donors (Lipinski definition) is 1. The van der Waals surface area contributed by atoms with Gasteiger partial charge in [0.2, 0.25) is 0 Å². The molecule has 1 fully saturated rings. The van der Waals surface area contributed by atoms with E-state index in [1.54, 1.807) is 13.0 Å². The Bertz CT molecular complexity index is 1070. The van der Waals surface area contributed by atoms with Crippen molar-refractivity contribution in [2.24, 2.45) is 0 Å². The largest absolute Gasteiger partial charge is 0.465 e. The first-order valence-electron chi connectivity index (χ1n) is 9.49. The highest BCUT2D eigenvalue weighted by Gasteiger charge is 2.28. The van der Waals surface area contributed by atoms with Crippen molar-refractivity contribution in [3.63, 3.8) is 0 Å². The highest BCUT2D eigenvalue weighted by Crippen LogP contribution is 2.31. The number of ether oxygens (including phenoxy) is 2. The van der Waals surface area contributed by atoms with E-state index in [4.69, 9.17) is 9.47 Å². The number of aromatic amines is 1. The molecule has 1 saturated heterocycles. The van der Waals surface area contributed by atoms with Gasteiger partial charge in [0.15, 0.2) is 10.9 Å². The van der Waals surface area contributed by atoms with Gasteiger partial charge in [-0.25, -0.2) is 9.78 Å². The number of nitrogens with one attached hydrogen (secondary N) is 1. The molecule has 7 nitrogen and oxygen atoms in total. The maximum Gasteiger partial charge on any atom is 0.337 e. The van der Waals surface area contributed by atoms with Crippen molar-refractivity contribution in [3.8, 4) is 0 Å². The van der Waals surface area contributed by atoms with E-state index in [9.17, 15) is 9.59 Å². The molecule has 2 aromatic heterocycles. The Morgan fingerprint density at radius 3 is 2.97 bits per heavy atom. The lowest BCUT2D eigenvalue weighted by atomic mass is 10.0. The molecule has 1 atom stereocenters. The van der Waals surface area contributed by atoms with Gasteiger partial charge in [-0.1, -0.05) is 17.4 Å². The summed E-state index contributed by atoms with van der Waals surface area (Å²) < 4.78 is 10.5. The molecule has 3 heterocycles. The summed E-state index contributed by atoms with van der Waals surface area (Å²) in [5, 5.41) is 1.94. The molecule has 4 rings (SSSR count). The lowest BCUT2D eigenvalue weighted by Crippen LogP contribution is -2.46. The van der Waals surface area contributed by atoms with E-state index in [0.717, 1.165) is 40.3 Å². The highest BCUT2D eigenvalue weighted by molar-refractivity contribution is 7.17. The number of hydrogen-bond acceptors (Lipinski definition) is 7. The molecule has 29 heavy (non-hydrogen) atoms. The molecule has 0 bridgehead atoms. The fourth-order valence-electron chi connectivity index (χ4n) is 3.76. The Labute approximate surface area is 172 Å². The maximum absolute atomic E-state index is 11.8. The number of anilines is 1. The number of rotatable bonds is 5. The van der Waals surface area contributed by atoms with Gasteiger partial charge in [0.1, 0.15) is 0 Å². The van der Waals surface area contributed by atoms with Crippen LogP contribution in [0.5, 0.6) is 0 Å². The minimum atomic E-state index is -0.352. The Morgan fingerprint density at radius 2 is 2.24 bits per heavy atom. The molecule has 1 aliphatic rings. The molecule has 0 spiro atoms. The van der Waals surface area contributed by atoms with Crippen molar-refractivity contribution in [3.05, 3.63) is 46.1 Å². The predicted octanol–water partition coefficient (Wildman–Crippen LogP) is 3.37. The molecule has 0 amide bonds. The normalized spacial score (nSPS) is 16.9. The number of morpholine rings is 1. The Hall–Kier alpha value is -2.71. The Balaban J connectivity index is 1.61. The average Bonchev–Trinajstić information content (AvgIpc) is 3.31. The Kier molecular flexibility index (Phi) is 5.38. The van der Waals surface area contributed by atoms with E-state index >= 15 is 0 Å². The summed E-state index contributed by atoms with van der Waals surface area (Å²) in [4.78, 5) is 34.5. The van der Waals surface area contributed by atoms with E-state index in [0.29, 0.717) is 23.7 Å². The summed E-state index contributed by atoms with van der Waals surface area (Å²) in [7, 11) is 1.38. The lowest BCUT2D eigenvalue weighted by Gasteiger charge is -2.35. The van der Waals surface area contributed by atoms with Crippen molar-refractivity contribution in [1.82, 2.24) is 9.97 Å². The average molecular weight is 413 g/mol. The second kappa shape index (κ2) is 7.96. The van der Waals surface area contributed by atoms with Gasteiger partial charge >= 0.3 is 5.97 Å². The predicted molar refractivity (Wildman–Crippen MR) is 112 cm³/mol. The fraction of sp³-hybridized carbons (Fsp3) is 0.381. The number of nitrogens with zero attached hydrogens (tertiary/aromatic N) is 2. The van der Waals surface area contributed by atoms with Crippen LogP contribution in [-0.4, -0.2) is 54.6 Å². The van der Waals surface area contributed by atoms with Crippen molar-refractivity contribution < 1.29 is 19.1 Å². The molecule has 152 valence electrons. The molecule has 3 aromatic rings. The summed E-state index contributed by atoms with van der Waals surface area (Å²) in [5.74, 6) is -0.301. The van der Waals surface area contributed by atoms with Gasteiger partial charge in [0.05, 0.1) is 42.5 Å². The molecule has 1 N–H and O–H groups in total. The van der Waals surface area contributed by atoms with Crippen LogP contribution >= 0.6 is 11.3 Å². The first kappa shape index (κ1) is 19.6. The zero-order valence-corrected chi connectivity index (χ0v) is 17.5. The second-order valence-electron chi connectivity index (χ2n) is 7.16. The topological polar surface area (TPSA) is 84.5 Å². The molecule has 0 aliphatic carbocycles. The second-order valence-corrected chi connectivity index (χ2v) is 8.14. The number of methoxy groups -OCH3 is 1. The molecular formula is C21H23N3O4S. The zero-order valence-electron chi connectivity index (χ0n) is 16.7. The minimum Gasteiger partial charge on any atom is -0.465 e. The van der Waals surface area contributed by atoms with E-state index < -0.39 is 0 Å². The number of fused-ring (bicyclic) bond motifs is 1. The van der Waals surface area contributed by atoms with Crippen LogP contribution < -0.4 is 4.90 Å². The number of benzene rings is 1. The van der Waals surface area contributed by atoms with Gasteiger partial charge in [-0.05, 0) is 31.0 Å². The number of carbonyl (C=O) groups excluding carboxylic acids is 2. The molecule has 1 aliphatic heterocycles. The van der Waals surface area contributed by atoms with Crippen LogP contribution in [0, 0.1) is 6.92 Å². The number of ketones is 1. The molecular weight excluding hydrogens is 390 g/mol. The van der Waals surface area contributed by atoms with Crippen LogP contribution in [0.25, 0.3) is 10.9 Å². The smallest absolute Gasteiger partial charge is 0.337 e. The van der Waals surface area contributed by atoms with Crippen LogP contribution in [-0.2, 0) is 15.9 Å². The monoisotopic (exact) mass is 413 g/mol. The number of H-pyrrole nitrogens is 1. The van der Waals surface area contributed by atoms with Gasteiger partial charge < -0.3 is 19.4 Å². The van der Waals surface area contributed by atoms with Crippen molar-refractivity contribution in [1.29, 1.82) is 0 Å². The molecule has 0 radical (unpaired) electrons. The first-order chi connectivity index (χ1) is 14.0. The summed E-state index contributed by atoms with van der Waals surface area (Å²) in [6.07, 6.45) is 2.75. The summed E-state index contributed by atoms with van der Waals surface area (Å²) >= 11 is 1.45. The molecule has 1 aromatic carbocycles. The summed E-state index contributed by atoms with van der Waals surface area (Å²) in [6.45, 7) is 5.44. The van der Waals surface area contributed by atoms with Crippen molar-refractivity contribution in [2.45, 2.75) is 26.3 Å². The van der Waals surface area contributed by atoms with E-state index in [-0.39, 0.29) is 17.8 Å². The van der Waals surface area contributed by atoms with Crippen LogP contribution in [0.2, 0.25) is 0 Å². The van der Waals surface area contributed by atoms with E-state index in [1.165, 1.54) is 18.4 Å². The van der Waals surface area contributed by atoms with Gasteiger partial charge in [0.25, 0.3) is 0 Å². The van der Waals surface area contributed by atoms with Crippen molar-refractivity contribution in [2.75, 3.05) is 31.8 Å². The van der Waals surface area contributed by atoms with Crippen molar-refractivity contribution >= 4 is 39.1 Å². The SMILES string of the molecule is COC(=O)c1ccc2c(C[C@H]3COCCN3c3nc(C)c(C(C)=O)s3)c[nH]c2c1. The van der Waals surface area contributed by atoms with Crippen LogP contribution in [0.15, 0.2) is 24.4 Å². The van der Waals surface area contributed by atoms with E-state index in [1.807, 2.05) is 25.3 Å². The minimum absolute atomic E-state index is 0.0501. The zero-order chi connectivity index (χ0) is 20.5. The number of esters is 1. The third-order valence-electron chi connectivity index (χ3n) is 5.22. The first-order valence-corrected chi connectivity index (χ1v) is 10.3. The number of Topliss-reactive ketones (excluding diaryl/α,β-unsaturated/α-hetero) is 1. The van der Waals surface area contributed by atoms with Gasteiger partial charge in [-0.3, -0.25) is 4.79 Å². The number of thiazole rings is 1. The number of aromatic nitrogens is 2. The highest BCUT2D eigenvalue weighted by atomic mass is 32.1. The van der Waals surface area contributed by atoms with E-state index in [2.05, 4.69) is 14.9 Å². The number of carbonyl (C=O) groups is 2. The Morgan fingerprint density at radius 1 is 1.41 bits per heavy atom. The quantitative estimate of drug-likeness (QED) is 0.510. The fourth-order valence-corrected chi connectivity index (χ4v) is 4.82.